The fourth-order valence-corrected chi connectivity index (χ4v) is 3.12. The second-order valence-corrected chi connectivity index (χ2v) is 6.95. The van der Waals surface area contributed by atoms with Crippen molar-refractivity contribution in [3.05, 3.63) is 59.1 Å². The first-order valence-electron chi connectivity index (χ1n) is 8.46. The summed E-state index contributed by atoms with van der Waals surface area (Å²) in [5.41, 5.74) is 0.961. The number of hydrogen-bond donors (Lipinski definition) is 1. The molecule has 25 heavy (non-hydrogen) atoms. The van der Waals surface area contributed by atoms with Gasteiger partial charge >= 0.3 is 0 Å². The van der Waals surface area contributed by atoms with E-state index in [9.17, 15) is 4.79 Å². The van der Waals surface area contributed by atoms with E-state index in [0.717, 1.165) is 11.3 Å². The van der Waals surface area contributed by atoms with E-state index in [-0.39, 0.29) is 23.8 Å². The van der Waals surface area contributed by atoms with E-state index in [1.54, 1.807) is 0 Å². The normalized spacial score (nSPS) is 17.2. The van der Waals surface area contributed by atoms with Crippen LogP contribution in [-0.4, -0.2) is 25.2 Å². The molecular formula is C20H22ClNO3. The van der Waals surface area contributed by atoms with Crippen LogP contribution in [0.4, 0.5) is 0 Å². The van der Waals surface area contributed by atoms with Crippen LogP contribution in [0.15, 0.2) is 48.5 Å². The Labute approximate surface area is 153 Å². The van der Waals surface area contributed by atoms with Crippen LogP contribution in [0.2, 0.25) is 5.02 Å². The van der Waals surface area contributed by atoms with Crippen molar-refractivity contribution in [1.29, 1.82) is 0 Å². The van der Waals surface area contributed by atoms with Gasteiger partial charge in [0.25, 0.3) is 0 Å². The Morgan fingerprint density at radius 2 is 1.84 bits per heavy atom. The van der Waals surface area contributed by atoms with Crippen molar-refractivity contribution in [2.75, 3.05) is 13.2 Å². The summed E-state index contributed by atoms with van der Waals surface area (Å²) in [5, 5.41) is 3.67. The number of fused-ring (bicyclic) bond motifs is 1. The fourth-order valence-electron chi connectivity index (χ4n) is 3.00. The van der Waals surface area contributed by atoms with Crippen molar-refractivity contribution in [2.24, 2.45) is 5.92 Å². The van der Waals surface area contributed by atoms with Gasteiger partial charge in [-0.1, -0.05) is 49.7 Å². The van der Waals surface area contributed by atoms with E-state index in [4.69, 9.17) is 21.1 Å². The summed E-state index contributed by atoms with van der Waals surface area (Å²) >= 11 is 5.95. The van der Waals surface area contributed by atoms with Gasteiger partial charge in [0.15, 0.2) is 11.5 Å². The third-order valence-electron chi connectivity index (χ3n) is 4.25. The van der Waals surface area contributed by atoms with E-state index in [0.29, 0.717) is 23.9 Å². The summed E-state index contributed by atoms with van der Waals surface area (Å²) in [4.78, 5) is 12.7. The number of hydrogen-bond acceptors (Lipinski definition) is 3. The molecule has 0 radical (unpaired) electrons. The summed E-state index contributed by atoms with van der Waals surface area (Å²) in [6, 6.07) is 15.0. The molecule has 1 N–H and O–H groups in total. The smallest absolute Gasteiger partial charge is 0.227 e. The summed E-state index contributed by atoms with van der Waals surface area (Å²) < 4.78 is 11.6. The average Bonchev–Trinajstić information content (AvgIpc) is 2.61. The van der Waals surface area contributed by atoms with Crippen LogP contribution in [0, 0.1) is 5.92 Å². The maximum absolute atomic E-state index is 12.7. The molecule has 2 aromatic rings. The molecule has 0 saturated carbocycles. The number of para-hydroxylation sites is 2. The topological polar surface area (TPSA) is 47.6 Å². The van der Waals surface area contributed by atoms with Crippen molar-refractivity contribution in [3.63, 3.8) is 0 Å². The second-order valence-electron chi connectivity index (χ2n) is 6.52. The molecule has 0 unspecified atom stereocenters. The van der Waals surface area contributed by atoms with E-state index in [1.807, 2.05) is 62.4 Å². The summed E-state index contributed by atoms with van der Waals surface area (Å²) in [6.45, 7) is 4.90. The molecule has 3 rings (SSSR count). The zero-order valence-electron chi connectivity index (χ0n) is 14.4. The first-order chi connectivity index (χ1) is 12.0. The maximum Gasteiger partial charge on any atom is 0.227 e. The summed E-state index contributed by atoms with van der Waals surface area (Å²) in [6.07, 6.45) is -0.197. The number of nitrogens with one attached hydrogen (secondary N) is 1. The first kappa shape index (κ1) is 17.6. The highest BCUT2D eigenvalue weighted by Crippen LogP contribution is 2.31. The number of ether oxygens (including phenoxy) is 2. The molecule has 0 bridgehead atoms. The van der Waals surface area contributed by atoms with E-state index < -0.39 is 0 Å². The van der Waals surface area contributed by atoms with Gasteiger partial charge in [0.1, 0.15) is 12.7 Å². The lowest BCUT2D eigenvalue weighted by Crippen LogP contribution is -2.43. The van der Waals surface area contributed by atoms with Gasteiger partial charge in [0, 0.05) is 5.02 Å². The highest BCUT2D eigenvalue weighted by molar-refractivity contribution is 6.30. The van der Waals surface area contributed by atoms with Gasteiger partial charge < -0.3 is 14.8 Å². The molecule has 4 nitrogen and oxygen atoms in total. The molecule has 1 aliphatic rings. The highest BCUT2D eigenvalue weighted by atomic mass is 35.5. The monoisotopic (exact) mass is 359 g/mol. The minimum absolute atomic E-state index is 0.0141. The zero-order valence-corrected chi connectivity index (χ0v) is 15.1. The summed E-state index contributed by atoms with van der Waals surface area (Å²) in [7, 11) is 0. The Bertz CT molecular complexity index is 730. The number of halogens is 1. The van der Waals surface area contributed by atoms with Crippen molar-refractivity contribution >= 4 is 17.5 Å². The molecule has 2 aromatic carbocycles. The quantitative estimate of drug-likeness (QED) is 0.876. The standard InChI is InChI=1S/C20H22ClNO3/c1-13(2)19(14-7-9-15(21)10-8-14)20(23)22-11-16-12-24-17-5-3-4-6-18(17)25-16/h3-10,13,16,19H,11-12H2,1-2H3,(H,22,23)/t16-,19-/m1/s1. The third-order valence-corrected chi connectivity index (χ3v) is 4.50. The van der Waals surface area contributed by atoms with E-state index >= 15 is 0 Å². The molecule has 0 fully saturated rings. The molecule has 0 spiro atoms. The highest BCUT2D eigenvalue weighted by Gasteiger charge is 2.26. The van der Waals surface area contributed by atoms with Crippen LogP contribution in [0.3, 0.4) is 0 Å². The molecule has 1 heterocycles. The second kappa shape index (κ2) is 7.79. The van der Waals surface area contributed by atoms with Crippen molar-refractivity contribution in [2.45, 2.75) is 25.9 Å². The number of benzene rings is 2. The molecule has 0 aromatic heterocycles. The third kappa shape index (κ3) is 4.26. The minimum Gasteiger partial charge on any atom is -0.486 e. The number of amides is 1. The Morgan fingerprint density at radius 3 is 2.52 bits per heavy atom. The number of carbonyl (C=O) groups excluding carboxylic acids is 1. The van der Waals surface area contributed by atoms with Gasteiger partial charge in [-0.3, -0.25) is 4.79 Å². The van der Waals surface area contributed by atoms with Gasteiger partial charge in [-0.15, -0.1) is 0 Å². The summed E-state index contributed by atoms with van der Waals surface area (Å²) in [5.74, 6) is 1.39. The minimum atomic E-state index is -0.228. The molecule has 5 heteroatoms. The molecule has 0 saturated heterocycles. The van der Waals surface area contributed by atoms with Crippen molar-refractivity contribution < 1.29 is 14.3 Å². The predicted octanol–water partition coefficient (Wildman–Crippen LogP) is 4.04. The molecule has 132 valence electrons. The van der Waals surface area contributed by atoms with Crippen LogP contribution >= 0.6 is 11.6 Å². The van der Waals surface area contributed by atoms with Gasteiger partial charge in [-0.25, -0.2) is 0 Å². The van der Waals surface area contributed by atoms with Crippen LogP contribution in [0.5, 0.6) is 11.5 Å². The lowest BCUT2D eigenvalue weighted by molar-refractivity contribution is -0.124. The molecule has 2 atom stereocenters. The fraction of sp³-hybridized carbons (Fsp3) is 0.350. The SMILES string of the molecule is CC(C)[C@@H](C(=O)NC[C@@H]1COc2ccccc2O1)c1ccc(Cl)cc1. The average molecular weight is 360 g/mol. The number of carbonyl (C=O) groups is 1. The van der Waals surface area contributed by atoms with Crippen molar-refractivity contribution in [3.8, 4) is 11.5 Å². The Morgan fingerprint density at radius 1 is 1.16 bits per heavy atom. The van der Waals surface area contributed by atoms with Crippen LogP contribution < -0.4 is 14.8 Å². The lowest BCUT2D eigenvalue weighted by atomic mass is 9.87. The molecule has 0 aliphatic carbocycles. The number of rotatable bonds is 5. The van der Waals surface area contributed by atoms with Gasteiger partial charge in [0.05, 0.1) is 12.5 Å². The first-order valence-corrected chi connectivity index (χ1v) is 8.84. The Hall–Kier alpha value is -2.20. The van der Waals surface area contributed by atoms with Crippen LogP contribution in [0.25, 0.3) is 0 Å². The van der Waals surface area contributed by atoms with Gasteiger partial charge in [-0.05, 0) is 35.7 Å². The zero-order chi connectivity index (χ0) is 17.8. The van der Waals surface area contributed by atoms with Gasteiger partial charge in [0.2, 0.25) is 5.91 Å². The Balaban J connectivity index is 1.62. The predicted molar refractivity (Wildman–Crippen MR) is 98.4 cm³/mol. The van der Waals surface area contributed by atoms with Gasteiger partial charge in [-0.2, -0.15) is 0 Å². The molecule has 1 amide bonds. The Kier molecular flexibility index (Phi) is 5.49. The van der Waals surface area contributed by atoms with Crippen LogP contribution in [-0.2, 0) is 4.79 Å². The molecule has 1 aliphatic heterocycles. The largest absolute Gasteiger partial charge is 0.486 e. The van der Waals surface area contributed by atoms with Crippen molar-refractivity contribution in [1.82, 2.24) is 5.32 Å². The molecular weight excluding hydrogens is 338 g/mol. The van der Waals surface area contributed by atoms with E-state index in [1.165, 1.54) is 0 Å². The van der Waals surface area contributed by atoms with Crippen LogP contribution in [0.1, 0.15) is 25.3 Å². The maximum atomic E-state index is 12.7. The lowest BCUT2D eigenvalue weighted by Gasteiger charge is -2.28. The van der Waals surface area contributed by atoms with E-state index in [2.05, 4.69) is 5.32 Å².